The number of nitrogens with zero attached hydrogens (tertiary/aromatic N) is 2. The van der Waals surface area contributed by atoms with E-state index in [1.54, 1.807) is 12.3 Å². The first-order chi connectivity index (χ1) is 14.6. The minimum Gasteiger partial charge on any atom is -0.390 e. The van der Waals surface area contributed by atoms with Crippen LogP contribution in [0.4, 0.5) is 0 Å². The van der Waals surface area contributed by atoms with Gasteiger partial charge in [-0.3, -0.25) is 14.6 Å². The van der Waals surface area contributed by atoms with Crippen LogP contribution >= 0.6 is 0 Å². The number of hydrogen-bond donors (Lipinski definition) is 2. The van der Waals surface area contributed by atoms with Gasteiger partial charge < -0.3 is 15.7 Å². The molecule has 3 unspecified atom stereocenters. The summed E-state index contributed by atoms with van der Waals surface area (Å²) in [6.07, 6.45) is 7.70. The van der Waals surface area contributed by atoms with Gasteiger partial charge in [0.2, 0.25) is 5.91 Å². The van der Waals surface area contributed by atoms with Gasteiger partial charge in [0.15, 0.2) is 0 Å². The number of primary amides is 1. The maximum Gasteiger partial charge on any atom is 0.273 e. The highest BCUT2D eigenvalue weighted by Crippen LogP contribution is 2.42. The van der Waals surface area contributed by atoms with Crippen LogP contribution in [-0.2, 0) is 16.1 Å². The molecule has 168 valence electrons. The molecule has 1 fully saturated rings. The molecule has 1 heterocycles. The van der Waals surface area contributed by atoms with Gasteiger partial charge in [-0.2, -0.15) is 0 Å². The summed E-state index contributed by atoms with van der Waals surface area (Å²) in [4.78, 5) is 31.9. The van der Waals surface area contributed by atoms with Crippen molar-refractivity contribution in [2.75, 3.05) is 0 Å². The molecule has 1 aromatic carbocycles. The summed E-state index contributed by atoms with van der Waals surface area (Å²) in [6.45, 7) is 6.42. The largest absolute Gasteiger partial charge is 0.390 e. The fourth-order valence-corrected chi connectivity index (χ4v) is 5.27. The van der Waals surface area contributed by atoms with Crippen LogP contribution in [0.15, 0.2) is 47.6 Å². The first-order valence-corrected chi connectivity index (χ1v) is 11.2. The number of hydrogen-bond acceptors (Lipinski definition) is 4. The van der Waals surface area contributed by atoms with Gasteiger partial charge in [-0.15, -0.1) is 0 Å². The molecular formula is C25H35N3O3. The number of benzene rings is 1. The van der Waals surface area contributed by atoms with E-state index in [1.165, 1.54) is 4.90 Å². The summed E-state index contributed by atoms with van der Waals surface area (Å²) < 4.78 is 0. The smallest absolute Gasteiger partial charge is 0.273 e. The summed E-state index contributed by atoms with van der Waals surface area (Å²) in [6, 6.07) is 9.11. The summed E-state index contributed by atoms with van der Waals surface area (Å²) in [5.74, 6) is -0.384. The van der Waals surface area contributed by atoms with E-state index >= 15 is 0 Å². The van der Waals surface area contributed by atoms with Gasteiger partial charge in [-0.25, -0.2) is 0 Å². The third kappa shape index (κ3) is 5.62. The first kappa shape index (κ1) is 23.2. The molecule has 3 N–H and O–H groups in total. The average Bonchev–Trinajstić information content (AvgIpc) is 3.17. The Balaban J connectivity index is 1.99. The van der Waals surface area contributed by atoms with Crippen molar-refractivity contribution < 1.29 is 14.7 Å². The van der Waals surface area contributed by atoms with Crippen LogP contribution in [0.25, 0.3) is 0 Å². The summed E-state index contributed by atoms with van der Waals surface area (Å²) >= 11 is 0. The molecule has 1 aliphatic carbocycles. The van der Waals surface area contributed by atoms with Crippen molar-refractivity contribution in [1.29, 1.82) is 0 Å². The van der Waals surface area contributed by atoms with Gasteiger partial charge in [-0.1, -0.05) is 63.1 Å². The van der Waals surface area contributed by atoms with E-state index in [9.17, 15) is 14.7 Å². The predicted octanol–water partition coefficient (Wildman–Crippen LogP) is 3.59. The lowest BCUT2D eigenvalue weighted by Crippen LogP contribution is -2.50. The Labute approximate surface area is 185 Å². The molecule has 6 heteroatoms. The monoisotopic (exact) mass is 425 g/mol. The van der Waals surface area contributed by atoms with Crippen molar-refractivity contribution in [3.8, 4) is 0 Å². The van der Waals surface area contributed by atoms with Crippen molar-refractivity contribution in [1.82, 2.24) is 4.90 Å². The molecule has 2 aliphatic rings. The Morgan fingerprint density at radius 2 is 1.97 bits per heavy atom. The predicted molar refractivity (Wildman–Crippen MR) is 122 cm³/mol. The number of rotatable bonds is 5. The Hall–Kier alpha value is -2.47. The summed E-state index contributed by atoms with van der Waals surface area (Å²) in [7, 11) is 0. The van der Waals surface area contributed by atoms with E-state index in [4.69, 9.17) is 10.7 Å². The molecule has 3 rings (SSSR count). The second kappa shape index (κ2) is 9.35. The number of aliphatic hydroxyl groups is 1. The Bertz CT molecular complexity index is 862. The zero-order chi connectivity index (χ0) is 22.6. The average molecular weight is 426 g/mol. The van der Waals surface area contributed by atoms with E-state index in [2.05, 4.69) is 6.92 Å². The molecule has 31 heavy (non-hydrogen) atoms. The number of nitrogens with two attached hydrogens (primary N) is 1. The minimum atomic E-state index is -0.897. The zero-order valence-electron chi connectivity index (χ0n) is 18.9. The van der Waals surface area contributed by atoms with Crippen LogP contribution in [0, 0.1) is 11.3 Å². The maximum absolute atomic E-state index is 13.7. The Morgan fingerprint density at radius 1 is 1.26 bits per heavy atom. The molecule has 0 spiro atoms. The van der Waals surface area contributed by atoms with Gasteiger partial charge in [0.1, 0.15) is 11.8 Å². The van der Waals surface area contributed by atoms with E-state index < -0.39 is 23.0 Å². The molecule has 0 saturated heterocycles. The topological polar surface area (TPSA) is 96.0 Å². The van der Waals surface area contributed by atoms with Gasteiger partial charge >= 0.3 is 0 Å². The van der Waals surface area contributed by atoms with E-state index in [0.717, 1.165) is 24.8 Å². The first-order valence-electron chi connectivity index (χ1n) is 11.2. The number of aliphatic imine (C=N–C) groups is 1. The van der Waals surface area contributed by atoms with E-state index in [-0.39, 0.29) is 5.91 Å². The second-order valence-corrected chi connectivity index (χ2v) is 9.84. The molecule has 1 saturated carbocycles. The standard InChI is InChI=1S/C25H35N3O3/c1-18-9-7-13-24(2,17-25(3,31)15-18)21(27-16-19-10-5-4-6-11-19)23(30)28-14-8-12-20(28)22(26)29/h4-6,8,10-11,14,18,20,31H,7,9,12-13,15-17H2,1-3H3,(H2,26,29)/t18?,20?,24?,25-/m0/s1. The minimum absolute atomic E-state index is 0.291. The van der Waals surface area contributed by atoms with Crippen LogP contribution in [0.1, 0.15) is 64.9 Å². The highest BCUT2D eigenvalue weighted by molar-refractivity contribution is 6.41. The fourth-order valence-electron chi connectivity index (χ4n) is 5.27. The Morgan fingerprint density at radius 3 is 2.65 bits per heavy atom. The van der Waals surface area contributed by atoms with Crippen molar-refractivity contribution in [2.45, 2.75) is 77.5 Å². The SMILES string of the molecule is CC1CCCC(C)(C(=NCc2ccccc2)C(=O)N2C=CCC2C(N)=O)C[C@@](C)(O)C1. The molecule has 1 aliphatic heterocycles. The van der Waals surface area contributed by atoms with Crippen molar-refractivity contribution >= 4 is 17.5 Å². The van der Waals surface area contributed by atoms with Gasteiger partial charge in [0.05, 0.1) is 12.1 Å². The van der Waals surface area contributed by atoms with Gasteiger partial charge in [-0.05, 0) is 44.1 Å². The third-order valence-corrected chi connectivity index (χ3v) is 6.55. The highest BCUT2D eigenvalue weighted by Gasteiger charge is 2.45. The van der Waals surface area contributed by atoms with Crippen molar-refractivity contribution in [3.05, 3.63) is 48.2 Å². The lowest BCUT2D eigenvalue weighted by Gasteiger charge is -2.41. The normalized spacial score (nSPS) is 31.9. The zero-order valence-corrected chi connectivity index (χ0v) is 18.9. The molecule has 6 nitrogen and oxygen atoms in total. The van der Waals surface area contributed by atoms with Gasteiger partial charge in [0, 0.05) is 11.6 Å². The van der Waals surface area contributed by atoms with Crippen LogP contribution in [0.5, 0.6) is 0 Å². The molecule has 1 aromatic rings. The second-order valence-electron chi connectivity index (χ2n) is 9.84. The number of carbonyl (C=O) groups excluding carboxylic acids is 2. The van der Waals surface area contributed by atoms with E-state index in [0.29, 0.717) is 37.4 Å². The molecule has 0 aromatic heterocycles. The van der Waals surface area contributed by atoms with Crippen molar-refractivity contribution in [3.63, 3.8) is 0 Å². The molecular weight excluding hydrogens is 390 g/mol. The van der Waals surface area contributed by atoms with Crippen LogP contribution in [-0.4, -0.2) is 39.2 Å². The molecule has 4 atom stereocenters. The number of carbonyl (C=O) groups is 2. The van der Waals surface area contributed by atoms with Crippen LogP contribution in [0.3, 0.4) is 0 Å². The van der Waals surface area contributed by atoms with Crippen LogP contribution in [0.2, 0.25) is 0 Å². The third-order valence-electron chi connectivity index (χ3n) is 6.55. The quantitative estimate of drug-likeness (QED) is 0.706. The molecule has 2 amide bonds. The van der Waals surface area contributed by atoms with Crippen LogP contribution < -0.4 is 5.73 Å². The fraction of sp³-hybridized carbons (Fsp3) is 0.560. The highest BCUT2D eigenvalue weighted by atomic mass is 16.3. The maximum atomic E-state index is 13.7. The lowest BCUT2D eigenvalue weighted by atomic mass is 9.67. The summed E-state index contributed by atoms with van der Waals surface area (Å²) in [5.41, 5.74) is 5.48. The molecule has 0 radical (unpaired) electrons. The van der Waals surface area contributed by atoms with Gasteiger partial charge in [0.25, 0.3) is 5.91 Å². The Kier molecular flexibility index (Phi) is 6.99. The van der Waals surface area contributed by atoms with Crippen molar-refractivity contribution in [2.24, 2.45) is 22.1 Å². The summed E-state index contributed by atoms with van der Waals surface area (Å²) in [5, 5.41) is 11.1. The molecule has 0 bridgehead atoms. The van der Waals surface area contributed by atoms with E-state index in [1.807, 2.05) is 44.2 Å². The number of amides is 2. The lowest BCUT2D eigenvalue weighted by molar-refractivity contribution is -0.131.